The van der Waals surface area contributed by atoms with E-state index in [-0.39, 0.29) is 6.04 Å². The zero-order valence-electron chi connectivity index (χ0n) is 11.6. The number of nitrogens with one attached hydrogen (secondary N) is 1. The first kappa shape index (κ1) is 13.9. The highest BCUT2D eigenvalue weighted by molar-refractivity contribution is 7.07. The number of thiophene rings is 1. The van der Waals surface area contributed by atoms with Gasteiger partial charge in [-0.05, 0) is 42.4 Å². The molecule has 19 heavy (non-hydrogen) atoms. The van der Waals surface area contributed by atoms with E-state index in [1.165, 1.54) is 5.56 Å². The van der Waals surface area contributed by atoms with Crippen LogP contribution >= 0.6 is 11.3 Å². The van der Waals surface area contributed by atoms with E-state index in [9.17, 15) is 5.11 Å². The molecule has 0 saturated heterocycles. The second kappa shape index (κ2) is 6.08. The summed E-state index contributed by atoms with van der Waals surface area (Å²) >= 11 is 1.70. The lowest BCUT2D eigenvalue weighted by atomic mass is 10.1. The first-order valence-corrected chi connectivity index (χ1v) is 7.28. The molecule has 2 N–H and O–H groups in total. The van der Waals surface area contributed by atoms with Gasteiger partial charge >= 0.3 is 0 Å². The quantitative estimate of drug-likeness (QED) is 0.879. The summed E-state index contributed by atoms with van der Waals surface area (Å²) < 4.78 is 0. The lowest BCUT2D eigenvalue weighted by Crippen LogP contribution is -2.16. The Morgan fingerprint density at radius 2 is 2.16 bits per heavy atom. The summed E-state index contributed by atoms with van der Waals surface area (Å²) in [6.45, 7) is 2.88. The van der Waals surface area contributed by atoms with Crippen LogP contribution in [0.2, 0.25) is 0 Å². The van der Waals surface area contributed by atoms with E-state index in [1.807, 2.05) is 33.2 Å². The van der Waals surface area contributed by atoms with Crippen LogP contribution in [-0.4, -0.2) is 19.2 Å². The average molecular weight is 276 g/mol. The normalized spacial score (nSPS) is 12.4. The number of anilines is 1. The maximum absolute atomic E-state index is 10.1. The van der Waals surface area contributed by atoms with E-state index in [0.717, 1.165) is 17.8 Å². The molecule has 1 aromatic heterocycles. The van der Waals surface area contributed by atoms with Gasteiger partial charge in [0.1, 0.15) is 5.75 Å². The van der Waals surface area contributed by atoms with Crippen molar-refractivity contribution in [2.75, 3.05) is 19.0 Å². The smallest absolute Gasteiger partial charge is 0.122 e. The predicted molar refractivity (Wildman–Crippen MR) is 82.0 cm³/mol. The van der Waals surface area contributed by atoms with Crippen LogP contribution in [-0.2, 0) is 6.54 Å². The number of hydrogen-bond donors (Lipinski definition) is 2. The molecule has 102 valence electrons. The molecule has 1 aromatic carbocycles. The standard InChI is InChI=1S/C15H20N2OS/c1-11(16-2)14-5-4-13(8-15(14)18)17(3)9-12-6-7-19-10-12/h4-8,10-11,16,18H,9H2,1-3H3. The van der Waals surface area contributed by atoms with Gasteiger partial charge in [-0.25, -0.2) is 0 Å². The number of rotatable bonds is 5. The van der Waals surface area contributed by atoms with Crippen molar-refractivity contribution in [3.63, 3.8) is 0 Å². The summed E-state index contributed by atoms with van der Waals surface area (Å²) in [7, 11) is 3.92. The molecule has 3 nitrogen and oxygen atoms in total. The Kier molecular flexibility index (Phi) is 4.45. The largest absolute Gasteiger partial charge is 0.508 e. The molecule has 0 radical (unpaired) electrons. The fraction of sp³-hybridized carbons (Fsp3) is 0.333. The van der Waals surface area contributed by atoms with Gasteiger partial charge in [0.2, 0.25) is 0 Å². The van der Waals surface area contributed by atoms with Gasteiger partial charge in [-0.2, -0.15) is 11.3 Å². The molecule has 4 heteroatoms. The molecule has 0 bridgehead atoms. The van der Waals surface area contributed by atoms with Crippen LogP contribution in [0.5, 0.6) is 5.75 Å². The monoisotopic (exact) mass is 276 g/mol. The molecule has 0 aliphatic carbocycles. The van der Waals surface area contributed by atoms with Crippen molar-refractivity contribution in [2.45, 2.75) is 19.5 Å². The molecule has 1 heterocycles. The Labute approximate surface area is 118 Å². The highest BCUT2D eigenvalue weighted by Crippen LogP contribution is 2.29. The summed E-state index contributed by atoms with van der Waals surface area (Å²) in [6.07, 6.45) is 0. The SMILES string of the molecule is CNC(C)c1ccc(N(C)Cc2ccsc2)cc1O. The topological polar surface area (TPSA) is 35.5 Å². The van der Waals surface area contributed by atoms with E-state index in [0.29, 0.717) is 5.75 Å². The molecule has 0 spiro atoms. The van der Waals surface area contributed by atoms with Crippen molar-refractivity contribution in [1.29, 1.82) is 0 Å². The predicted octanol–water partition coefficient (Wildman–Crippen LogP) is 3.37. The number of hydrogen-bond acceptors (Lipinski definition) is 4. The first-order chi connectivity index (χ1) is 9.11. The Hall–Kier alpha value is -1.52. The average Bonchev–Trinajstić information content (AvgIpc) is 2.90. The van der Waals surface area contributed by atoms with Gasteiger partial charge in [0.15, 0.2) is 0 Å². The van der Waals surface area contributed by atoms with Crippen molar-refractivity contribution >= 4 is 17.0 Å². The molecule has 0 saturated carbocycles. The van der Waals surface area contributed by atoms with Crippen LogP contribution in [0.25, 0.3) is 0 Å². The van der Waals surface area contributed by atoms with E-state index >= 15 is 0 Å². The molecular formula is C15H20N2OS. The molecule has 1 unspecified atom stereocenters. The number of phenols is 1. The van der Waals surface area contributed by atoms with Gasteiger partial charge in [0.25, 0.3) is 0 Å². The van der Waals surface area contributed by atoms with Crippen molar-refractivity contribution in [3.05, 3.63) is 46.2 Å². The van der Waals surface area contributed by atoms with Crippen LogP contribution < -0.4 is 10.2 Å². The maximum atomic E-state index is 10.1. The summed E-state index contributed by atoms with van der Waals surface area (Å²) in [5.41, 5.74) is 3.24. The molecule has 0 aliphatic heterocycles. The van der Waals surface area contributed by atoms with Crippen molar-refractivity contribution < 1.29 is 5.11 Å². The minimum Gasteiger partial charge on any atom is -0.508 e. The Bertz CT molecular complexity index is 525. The fourth-order valence-corrected chi connectivity index (χ4v) is 2.70. The number of aromatic hydroxyl groups is 1. The van der Waals surface area contributed by atoms with Crippen molar-refractivity contribution in [2.24, 2.45) is 0 Å². The second-order valence-electron chi connectivity index (χ2n) is 4.74. The summed E-state index contributed by atoms with van der Waals surface area (Å²) in [5.74, 6) is 0.344. The first-order valence-electron chi connectivity index (χ1n) is 6.34. The zero-order valence-corrected chi connectivity index (χ0v) is 12.4. The molecule has 0 amide bonds. The minimum absolute atomic E-state index is 0.149. The van der Waals surface area contributed by atoms with Gasteiger partial charge in [-0.3, -0.25) is 0 Å². The lowest BCUT2D eigenvalue weighted by molar-refractivity contribution is 0.458. The third-order valence-electron chi connectivity index (χ3n) is 3.35. The maximum Gasteiger partial charge on any atom is 0.122 e. The summed E-state index contributed by atoms with van der Waals surface area (Å²) in [4.78, 5) is 2.13. The molecule has 2 rings (SSSR count). The fourth-order valence-electron chi connectivity index (χ4n) is 2.04. The highest BCUT2D eigenvalue weighted by Gasteiger charge is 2.10. The van der Waals surface area contributed by atoms with Gasteiger partial charge in [0.05, 0.1) is 0 Å². The molecular weight excluding hydrogens is 256 g/mol. The summed E-state index contributed by atoms with van der Waals surface area (Å²) in [5, 5.41) is 17.5. The van der Waals surface area contributed by atoms with Crippen molar-refractivity contribution in [1.82, 2.24) is 5.32 Å². The summed E-state index contributed by atoms with van der Waals surface area (Å²) in [6, 6.07) is 8.13. The van der Waals surface area contributed by atoms with E-state index in [1.54, 1.807) is 11.3 Å². The van der Waals surface area contributed by atoms with Crippen LogP contribution in [0.1, 0.15) is 24.1 Å². The van der Waals surface area contributed by atoms with Crippen molar-refractivity contribution in [3.8, 4) is 5.75 Å². The third kappa shape index (κ3) is 3.28. The Morgan fingerprint density at radius 3 is 2.74 bits per heavy atom. The van der Waals surface area contributed by atoms with Crippen LogP contribution in [0, 0.1) is 0 Å². The van der Waals surface area contributed by atoms with Crippen LogP contribution in [0.4, 0.5) is 5.69 Å². The van der Waals surface area contributed by atoms with Gasteiger partial charge in [0, 0.05) is 37.0 Å². The van der Waals surface area contributed by atoms with E-state index in [2.05, 4.69) is 33.1 Å². The van der Waals surface area contributed by atoms with Gasteiger partial charge in [-0.15, -0.1) is 0 Å². The number of benzene rings is 1. The van der Waals surface area contributed by atoms with E-state index < -0.39 is 0 Å². The van der Waals surface area contributed by atoms with Gasteiger partial charge < -0.3 is 15.3 Å². The molecule has 2 aromatic rings. The van der Waals surface area contributed by atoms with Gasteiger partial charge in [-0.1, -0.05) is 6.07 Å². The highest BCUT2D eigenvalue weighted by atomic mass is 32.1. The molecule has 0 fully saturated rings. The Balaban J connectivity index is 2.15. The van der Waals surface area contributed by atoms with Crippen LogP contribution in [0.3, 0.4) is 0 Å². The third-order valence-corrected chi connectivity index (χ3v) is 4.09. The lowest BCUT2D eigenvalue weighted by Gasteiger charge is -2.21. The van der Waals surface area contributed by atoms with E-state index in [4.69, 9.17) is 0 Å². The number of nitrogens with zero attached hydrogens (tertiary/aromatic N) is 1. The van der Waals surface area contributed by atoms with Crippen LogP contribution in [0.15, 0.2) is 35.0 Å². The second-order valence-corrected chi connectivity index (χ2v) is 5.52. The molecule has 1 atom stereocenters. The molecule has 0 aliphatic rings. The zero-order chi connectivity index (χ0) is 13.8. The number of phenolic OH excluding ortho intramolecular Hbond substituents is 1. The Morgan fingerprint density at radius 1 is 1.37 bits per heavy atom. The minimum atomic E-state index is 0.149.